The molecule has 0 saturated heterocycles. The molecule has 0 bridgehead atoms. The molecule has 1 unspecified atom stereocenters. The molecule has 0 fully saturated rings. The fourth-order valence-corrected chi connectivity index (χ4v) is 3.88. The van der Waals surface area contributed by atoms with Gasteiger partial charge in [0.05, 0.1) is 5.69 Å². The molecule has 0 radical (unpaired) electrons. The number of amides is 1. The Bertz CT molecular complexity index is 1050. The topological polar surface area (TPSA) is 87.7 Å². The van der Waals surface area contributed by atoms with Crippen LogP contribution in [-0.4, -0.2) is 20.9 Å². The standard InChI is InChI=1S/C22H26N4O2S/c1-5-13(2)16-6-8-17(9-7-16)19-12-29-22(25-19)26-20(27)11-10-18-14(3)23-15(4)24-21(18)28/h6-9,12-13H,5,10-11H2,1-4H3,(H,23,24,28)(H,25,26,27). The Morgan fingerprint density at radius 1 is 1.21 bits per heavy atom. The first kappa shape index (κ1) is 20.9. The van der Waals surface area contributed by atoms with Crippen LogP contribution in [0.3, 0.4) is 0 Å². The zero-order valence-electron chi connectivity index (χ0n) is 17.2. The molecule has 6 nitrogen and oxygen atoms in total. The average molecular weight is 411 g/mol. The summed E-state index contributed by atoms with van der Waals surface area (Å²) < 4.78 is 0. The first-order chi connectivity index (χ1) is 13.9. The Balaban J connectivity index is 1.61. The lowest BCUT2D eigenvalue weighted by Gasteiger charge is -2.08. The van der Waals surface area contributed by atoms with Crippen molar-refractivity contribution < 1.29 is 4.79 Å². The van der Waals surface area contributed by atoms with Crippen molar-refractivity contribution in [2.24, 2.45) is 0 Å². The molecule has 2 heterocycles. The lowest BCUT2D eigenvalue weighted by molar-refractivity contribution is -0.116. The van der Waals surface area contributed by atoms with Crippen LogP contribution in [0.25, 0.3) is 11.3 Å². The SMILES string of the molecule is CCC(C)c1ccc(-c2csc(NC(=O)CCc3c(C)nc(C)[nH]c3=O)n2)cc1. The van der Waals surface area contributed by atoms with Crippen LogP contribution in [0.4, 0.5) is 5.13 Å². The van der Waals surface area contributed by atoms with Crippen molar-refractivity contribution >= 4 is 22.4 Å². The molecule has 2 N–H and O–H groups in total. The minimum absolute atomic E-state index is 0.169. The molecule has 2 aromatic heterocycles. The third-order valence-electron chi connectivity index (χ3n) is 5.08. The van der Waals surface area contributed by atoms with Crippen LogP contribution in [0.1, 0.15) is 55.3 Å². The van der Waals surface area contributed by atoms with Gasteiger partial charge in [0, 0.05) is 28.6 Å². The first-order valence-corrected chi connectivity index (χ1v) is 10.7. The van der Waals surface area contributed by atoms with Gasteiger partial charge in [-0.3, -0.25) is 9.59 Å². The molecule has 3 rings (SSSR count). The number of thiazole rings is 1. The molecular weight excluding hydrogens is 384 g/mol. The van der Waals surface area contributed by atoms with Crippen molar-refractivity contribution in [2.75, 3.05) is 5.32 Å². The summed E-state index contributed by atoms with van der Waals surface area (Å²) in [4.78, 5) is 35.8. The van der Waals surface area contributed by atoms with Gasteiger partial charge >= 0.3 is 0 Å². The fourth-order valence-electron chi connectivity index (χ4n) is 3.15. The molecule has 0 aliphatic rings. The number of nitrogens with zero attached hydrogens (tertiary/aromatic N) is 2. The lowest BCUT2D eigenvalue weighted by atomic mass is 9.97. The molecule has 1 amide bonds. The van der Waals surface area contributed by atoms with E-state index < -0.39 is 0 Å². The predicted octanol–water partition coefficient (Wildman–Crippen LogP) is 4.60. The van der Waals surface area contributed by atoms with Crippen LogP contribution in [0.5, 0.6) is 0 Å². The van der Waals surface area contributed by atoms with Crippen molar-refractivity contribution in [2.45, 2.75) is 52.9 Å². The van der Waals surface area contributed by atoms with E-state index in [9.17, 15) is 9.59 Å². The normalized spacial score (nSPS) is 12.0. The molecule has 1 atom stereocenters. The van der Waals surface area contributed by atoms with Gasteiger partial charge in [0.2, 0.25) is 5.91 Å². The van der Waals surface area contributed by atoms with E-state index >= 15 is 0 Å². The molecule has 0 aliphatic heterocycles. The summed E-state index contributed by atoms with van der Waals surface area (Å²) in [7, 11) is 0. The number of anilines is 1. The van der Waals surface area contributed by atoms with Gasteiger partial charge in [-0.1, -0.05) is 38.1 Å². The summed E-state index contributed by atoms with van der Waals surface area (Å²) in [6, 6.07) is 8.41. The Labute approximate surface area is 174 Å². The minimum Gasteiger partial charge on any atom is -0.311 e. The van der Waals surface area contributed by atoms with Gasteiger partial charge in [-0.2, -0.15) is 0 Å². The first-order valence-electron chi connectivity index (χ1n) is 9.79. The van der Waals surface area contributed by atoms with E-state index in [0.29, 0.717) is 34.6 Å². The summed E-state index contributed by atoms with van der Waals surface area (Å²) in [5, 5.41) is 5.32. The Hall–Kier alpha value is -2.80. The smallest absolute Gasteiger partial charge is 0.254 e. The van der Waals surface area contributed by atoms with Crippen LogP contribution >= 0.6 is 11.3 Å². The van der Waals surface area contributed by atoms with Gasteiger partial charge in [0.1, 0.15) is 5.82 Å². The van der Waals surface area contributed by atoms with Crippen molar-refractivity contribution in [3.05, 3.63) is 62.6 Å². The van der Waals surface area contributed by atoms with Crippen molar-refractivity contribution in [1.82, 2.24) is 15.0 Å². The number of aromatic amines is 1. The number of nitrogens with one attached hydrogen (secondary N) is 2. The van der Waals surface area contributed by atoms with Gasteiger partial charge in [-0.05, 0) is 38.2 Å². The maximum Gasteiger partial charge on any atom is 0.254 e. The maximum absolute atomic E-state index is 12.3. The van der Waals surface area contributed by atoms with Gasteiger partial charge in [0.15, 0.2) is 5.13 Å². The summed E-state index contributed by atoms with van der Waals surface area (Å²) in [5.41, 5.74) is 4.22. The van der Waals surface area contributed by atoms with E-state index in [1.165, 1.54) is 16.9 Å². The number of hydrogen-bond acceptors (Lipinski definition) is 5. The third kappa shape index (κ3) is 5.17. The number of rotatable bonds is 7. The highest BCUT2D eigenvalue weighted by Gasteiger charge is 2.12. The molecule has 1 aromatic carbocycles. The van der Waals surface area contributed by atoms with Crippen molar-refractivity contribution in [3.8, 4) is 11.3 Å². The predicted molar refractivity (Wildman–Crippen MR) is 118 cm³/mol. The molecule has 29 heavy (non-hydrogen) atoms. The lowest BCUT2D eigenvalue weighted by Crippen LogP contribution is -2.20. The van der Waals surface area contributed by atoms with Gasteiger partial charge in [0.25, 0.3) is 5.56 Å². The van der Waals surface area contributed by atoms with Crippen LogP contribution < -0.4 is 10.9 Å². The molecule has 0 aliphatic carbocycles. The number of H-pyrrole nitrogens is 1. The Morgan fingerprint density at radius 3 is 2.59 bits per heavy atom. The Morgan fingerprint density at radius 2 is 1.93 bits per heavy atom. The maximum atomic E-state index is 12.3. The van der Waals surface area contributed by atoms with Crippen LogP contribution in [0.15, 0.2) is 34.4 Å². The molecule has 0 spiro atoms. The summed E-state index contributed by atoms with van der Waals surface area (Å²) in [6.07, 6.45) is 1.65. The van der Waals surface area contributed by atoms with Gasteiger partial charge in [-0.25, -0.2) is 9.97 Å². The largest absolute Gasteiger partial charge is 0.311 e. The van der Waals surface area contributed by atoms with E-state index in [1.54, 1.807) is 13.8 Å². The van der Waals surface area contributed by atoms with Gasteiger partial charge in [-0.15, -0.1) is 11.3 Å². The van der Waals surface area contributed by atoms with Crippen LogP contribution in [0, 0.1) is 13.8 Å². The highest BCUT2D eigenvalue weighted by molar-refractivity contribution is 7.14. The van der Waals surface area contributed by atoms with Crippen molar-refractivity contribution in [1.29, 1.82) is 0 Å². The van der Waals surface area contributed by atoms with Gasteiger partial charge < -0.3 is 10.3 Å². The summed E-state index contributed by atoms with van der Waals surface area (Å²) in [6.45, 7) is 7.92. The number of hydrogen-bond donors (Lipinski definition) is 2. The second kappa shape index (κ2) is 9.13. The summed E-state index contributed by atoms with van der Waals surface area (Å²) >= 11 is 1.39. The molecule has 7 heteroatoms. The van der Waals surface area contributed by atoms with Crippen molar-refractivity contribution in [3.63, 3.8) is 0 Å². The highest BCUT2D eigenvalue weighted by atomic mass is 32.1. The number of carbonyl (C=O) groups excluding carboxylic acids is 1. The number of carbonyl (C=O) groups is 1. The minimum atomic E-state index is -0.180. The molecule has 152 valence electrons. The summed E-state index contributed by atoms with van der Waals surface area (Å²) in [5.74, 6) is 0.944. The zero-order chi connectivity index (χ0) is 21.0. The number of aryl methyl sites for hydroxylation is 2. The number of benzene rings is 1. The number of aromatic nitrogens is 3. The Kier molecular flexibility index (Phi) is 6.59. The molecular formula is C22H26N4O2S. The van der Waals surface area contributed by atoms with E-state index in [2.05, 4.69) is 58.4 Å². The fraction of sp³-hybridized carbons (Fsp3) is 0.364. The second-order valence-electron chi connectivity index (χ2n) is 7.23. The molecule has 3 aromatic rings. The van der Waals surface area contributed by atoms with Crippen LogP contribution in [-0.2, 0) is 11.2 Å². The third-order valence-corrected chi connectivity index (χ3v) is 5.84. The average Bonchev–Trinajstić information content (AvgIpc) is 3.15. The van der Waals surface area contributed by atoms with E-state index in [0.717, 1.165) is 17.7 Å². The quantitative estimate of drug-likeness (QED) is 0.596. The monoisotopic (exact) mass is 410 g/mol. The zero-order valence-corrected chi connectivity index (χ0v) is 18.0. The highest BCUT2D eigenvalue weighted by Crippen LogP contribution is 2.27. The van der Waals surface area contributed by atoms with E-state index in [1.807, 2.05) is 5.38 Å². The van der Waals surface area contributed by atoms with Crippen LogP contribution in [0.2, 0.25) is 0 Å². The van der Waals surface area contributed by atoms with E-state index in [-0.39, 0.29) is 17.9 Å². The van der Waals surface area contributed by atoms with E-state index in [4.69, 9.17) is 0 Å². The molecule has 0 saturated carbocycles. The second-order valence-corrected chi connectivity index (χ2v) is 8.09.